The Bertz CT molecular complexity index is 367. The van der Waals surface area contributed by atoms with Gasteiger partial charge in [-0.25, -0.2) is 4.79 Å². The molecule has 0 bridgehead atoms. The van der Waals surface area contributed by atoms with Gasteiger partial charge in [0, 0.05) is 39.1 Å². The van der Waals surface area contributed by atoms with Crippen LogP contribution >= 0.6 is 0 Å². The highest BCUT2D eigenvalue weighted by molar-refractivity contribution is 5.74. The molecule has 21 heavy (non-hydrogen) atoms. The molecule has 0 aromatic carbocycles. The van der Waals surface area contributed by atoms with E-state index in [4.69, 9.17) is 5.11 Å². The van der Waals surface area contributed by atoms with Crippen LogP contribution in [-0.2, 0) is 4.79 Å². The van der Waals surface area contributed by atoms with Crippen LogP contribution < -0.4 is 0 Å². The first kappa shape index (κ1) is 16.1. The van der Waals surface area contributed by atoms with Gasteiger partial charge in [-0.3, -0.25) is 4.79 Å². The predicted octanol–water partition coefficient (Wildman–Crippen LogP) is 1.32. The van der Waals surface area contributed by atoms with Crippen LogP contribution in [0.15, 0.2) is 0 Å². The van der Waals surface area contributed by atoms with Gasteiger partial charge < -0.3 is 19.8 Å². The third-order valence-corrected chi connectivity index (χ3v) is 4.64. The van der Waals surface area contributed by atoms with Gasteiger partial charge >= 0.3 is 12.0 Å². The molecule has 120 valence electrons. The van der Waals surface area contributed by atoms with Crippen molar-refractivity contribution in [2.75, 3.05) is 46.3 Å². The lowest BCUT2D eigenvalue weighted by atomic mass is 9.92. The second-order valence-corrected chi connectivity index (χ2v) is 6.29. The molecule has 0 aliphatic carbocycles. The number of urea groups is 1. The monoisotopic (exact) mass is 297 g/mol. The fourth-order valence-corrected chi connectivity index (χ4v) is 3.18. The number of carboxylic acid groups (broad SMARTS) is 1. The summed E-state index contributed by atoms with van der Waals surface area (Å²) >= 11 is 0. The number of carbonyl (C=O) groups excluding carboxylic acids is 1. The van der Waals surface area contributed by atoms with Crippen LogP contribution in [-0.4, -0.2) is 78.1 Å². The van der Waals surface area contributed by atoms with Crippen molar-refractivity contribution in [2.24, 2.45) is 5.92 Å². The predicted molar refractivity (Wildman–Crippen MR) is 80.2 cm³/mol. The quantitative estimate of drug-likeness (QED) is 0.853. The van der Waals surface area contributed by atoms with Crippen LogP contribution in [0.3, 0.4) is 0 Å². The van der Waals surface area contributed by atoms with Gasteiger partial charge in [0.05, 0.1) is 0 Å². The minimum Gasteiger partial charge on any atom is -0.481 e. The van der Waals surface area contributed by atoms with E-state index in [1.807, 2.05) is 9.80 Å². The molecule has 2 amide bonds. The van der Waals surface area contributed by atoms with E-state index in [-0.39, 0.29) is 12.5 Å². The zero-order valence-corrected chi connectivity index (χ0v) is 13.0. The van der Waals surface area contributed by atoms with Crippen molar-refractivity contribution in [3.05, 3.63) is 0 Å². The molecular formula is C15H27N3O3. The lowest BCUT2D eigenvalue weighted by molar-refractivity contribution is -0.137. The number of carbonyl (C=O) groups is 2. The lowest BCUT2D eigenvalue weighted by Gasteiger charge is -2.35. The van der Waals surface area contributed by atoms with Crippen molar-refractivity contribution in [3.63, 3.8) is 0 Å². The summed E-state index contributed by atoms with van der Waals surface area (Å²) in [6.45, 7) is 5.21. The van der Waals surface area contributed by atoms with Gasteiger partial charge in [0.1, 0.15) is 0 Å². The highest BCUT2D eigenvalue weighted by Gasteiger charge is 2.27. The maximum Gasteiger partial charge on any atom is 0.320 e. The number of nitrogens with zero attached hydrogens (tertiary/aromatic N) is 3. The van der Waals surface area contributed by atoms with Gasteiger partial charge in [-0.05, 0) is 45.2 Å². The number of hydrogen-bond acceptors (Lipinski definition) is 3. The van der Waals surface area contributed by atoms with Crippen LogP contribution in [0, 0.1) is 5.92 Å². The standard InChI is InChI=1S/C15H27N3O3/c1-16-7-2-8-17(12-11-16)15(21)18-9-5-13(6-10-18)3-4-14(19)20/h13H,2-12H2,1H3,(H,19,20). The van der Waals surface area contributed by atoms with Crippen molar-refractivity contribution in [3.8, 4) is 0 Å². The van der Waals surface area contributed by atoms with Gasteiger partial charge in [-0.1, -0.05) is 0 Å². The number of likely N-dealkylation sites (N-methyl/N-ethyl adjacent to an activating group) is 1. The number of hydrogen-bond donors (Lipinski definition) is 1. The Balaban J connectivity index is 1.76. The van der Waals surface area contributed by atoms with E-state index >= 15 is 0 Å². The summed E-state index contributed by atoms with van der Waals surface area (Å²) < 4.78 is 0. The molecule has 6 nitrogen and oxygen atoms in total. The molecular weight excluding hydrogens is 270 g/mol. The Hall–Kier alpha value is -1.30. The van der Waals surface area contributed by atoms with Crippen LogP contribution in [0.1, 0.15) is 32.1 Å². The summed E-state index contributed by atoms with van der Waals surface area (Å²) in [5, 5.41) is 8.73. The maximum atomic E-state index is 12.5. The Labute approximate surface area is 126 Å². The molecule has 0 spiro atoms. The summed E-state index contributed by atoms with van der Waals surface area (Å²) in [7, 11) is 2.10. The van der Waals surface area contributed by atoms with Crippen LogP contribution in [0.25, 0.3) is 0 Å². The van der Waals surface area contributed by atoms with E-state index in [1.165, 1.54) is 0 Å². The number of aliphatic carboxylic acids is 1. The fourth-order valence-electron chi connectivity index (χ4n) is 3.18. The summed E-state index contributed by atoms with van der Waals surface area (Å²) in [5.41, 5.74) is 0. The smallest absolute Gasteiger partial charge is 0.320 e. The van der Waals surface area contributed by atoms with Crippen molar-refractivity contribution in [2.45, 2.75) is 32.1 Å². The minimum absolute atomic E-state index is 0.169. The van der Waals surface area contributed by atoms with E-state index in [0.29, 0.717) is 5.92 Å². The normalized spacial score (nSPS) is 22.1. The molecule has 0 aromatic heterocycles. The molecule has 2 aliphatic rings. The summed E-state index contributed by atoms with van der Waals surface area (Å²) in [6, 6.07) is 0.169. The third kappa shape index (κ3) is 4.88. The SMILES string of the molecule is CN1CCCN(C(=O)N2CCC(CCC(=O)O)CC2)CC1. The number of carboxylic acids is 1. The van der Waals surface area contributed by atoms with Crippen LogP contribution in [0.2, 0.25) is 0 Å². The van der Waals surface area contributed by atoms with E-state index < -0.39 is 5.97 Å². The summed E-state index contributed by atoms with van der Waals surface area (Å²) in [5.74, 6) is -0.261. The summed E-state index contributed by atoms with van der Waals surface area (Å²) in [4.78, 5) is 29.3. The van der Waals surface area contributed by atoms with E-state index in [0.717, 1.165) is 65.0 Å². The first-order valence-corrected chi connectivity index (χ1v) is 8.00. The average molecular weight is 297 g/mol. The minimum atomic E-state index is -0.720. The first-order valence-electron chi connectivity index (χ1n) is 8.00. The Morgan fingerprint density at radius 1 is 1.00 bits per heavy atom. The first-order chi connectivity index (χ1) is 10.1. The van der Waals surface area contributed by atoms with E-state index in [9.17, 15) is 9.59 Å². The number of likely N-dealkylation sites (tertiary alicyclic amines) is 1. The zero-order valence-electron chi connectivity index (χ0n) is 13.0. The van der Waals surface area contributed by atoms with Crippen molar-refractivity contribution >= 4 is 12.0 Å². The van der Waals surface area contributed by atoms with Crippen molar-refractivity contribution in [1.29, 1.82) is 0 Å². The maximum absolute atomic E-state index is 12.5. The topological polar surface area (TPSA) is 64.1 Å². The summed E-state index contributed by atoms with van der Waals surface area (Å²) in [6.07, 6.45) is 3.90. The highest BCUT2D eigenvalue weighted by atomic mass is 16.4. The molecule has 2 fully saturated rings. The molecule has 0 aromatic rings. The zero-order chi connectivity index (χ0) is 15.2. The number of rotatable bonds is 3. The molecule has 2 saturated heterocycles. The Morgan fingerprint density at radius 2 is 1.67 bits per heavy atom. The number of amides is 2. The van der Waals surface area contributed by atoms with Gasteiger partial charge in [0.15, 0.2) is 0 Å². The average Bonchev–Trinajstić information content (AvgIpc) is 2.69. The molecule has 2 heterocycles. The van der Waals surface area contributed by atoms with Gasteiger partial charge in [0.25, 0.3) is 0 Å². The van der Waals surface area contributed by atoms with Crippen molar-refractivity contribution < 1.29 is 14.7 Å². The molecule has 0 unspecified atom stereocenters. The van der Waals surface area contributed by atoms with E-state index in [2.05, 4.69) is 11.9 Å². The largest absolute Gasteiger partial charge is 0.481 e. The Kier molecular flexibility index (Phi) is 5.85. The molecule has 2 aliphatic heterocycles. The molecule has 0 radical (unpaired) electrons. The fraction of sp³-hybridized carbons (Fsp3) is 0.867. The third-order valence-electron chi connectivity index (χ3n) is 4.64. The van der Waals surface area contributed by atoms with E-state index in [1.54, 1.807) is 0 Å². The van der Waals surface area contributed by atoms with Crippen LogP contribution in [0.4, 0.5) is 4.79 Å². The molecule has 6 heteroatoms. The van der Waals surface area contributed by atoms with Crippen LogP contribution in [0.5, 0.6) is 0 Å². The molecule has 2 rings (SSSR count). The Morgan fingerprint density at radius 3 is 2.33 bits per heavy atom. The molecule has 0 atom stereocenters. The van der Waals surface area contributed by atoms with Gasteiger partial charge in [-0.2, -0.15) is 0 Å². The van der Waals surface area contributed by atoms with Gasteiger partial charge in [-0.15, -0.1) is 0 Å². The second kappa shape index (κ2) is 7.64. The highest BCUT2D eigenvalue weighted by Crippen LogP contribution is 2.22. The lowest BCUT2D eigenvalue weighted by Crippen LogP contribution is -2.47. The van der Waals surface area contributed by atoms with Crippen molar-refractivity contribution in [1.82, 2.24) is 14.7 Å². The molecule has 0 saturated carbocycles. The van der Waals surface area contributed by atoms with Gasteiger partial charge in [0.2, 0.25) is 0 Å². The molecule has 1 N–H and O–H groups in total. The second-order valence-electron chi connectivity index (χ2n) is 6.29. The number of piperidine rings is 1.